The highest BCUT2D eigenvalue weighted by atomic mass is 35.5. The molecule has 4 heteroatoms. The van der Waals surface area contributed by atoms with Gasteiger partial charge in [-0.25, -0.2) is 0 Å². The molecule has 0 aliphatic heterocycles. The van der Waals surface area contributed by atoms with Crippen LogP contribution in [-0.4, -0.2) is 5.11 Å². The fraction of sp³-hybridized carbons (Fsp3) is 0.188. The number of rotatable bonds is 3. The molecule has 0 spiro atoms. The van der Waals surface area contributed by atoms with Crippen LogP contribution in [0.4, 0.5) is 5.69 Å². The minimum Gasteiger partial charge on any atom is -0.356 e. The molecule has 0 fully saturated rings. The van der Waals surface area contributed by atoms with Gasteiger partial charge < -0.3 is 10.6 Å². The maximum atomic E-state index is 6.10. The molecule has 1 unspecified atom stereocenters. The zero-order chi connectivity index (χ0) is 14.5. The number of thiocarbonyl (C=S) groups is 1. The lowest BCUT2D eigenvalue weighted by Crippen LogP contribution is -2.31. The Hall–Kier alpha value is -1.58. The van der Waals surface area contributed by atoms with E-state index in [1.807, 2.05) is 36.4 Å². The number of para-hydroxylation sites is 1. The first-order valence-corrected chi connectivity index (χ1v) is 7.24. The van der Waals surface area contributed by atoms with Crippen LogP contribution in [0.5, 0.6) is 0 Å². The number of hydrogen-bond donors (Lipinski definition) is 2. The van der Waals surface area contributed by atoms with Gasteiger partial charge in [0.25, 0.3) is 0 Å². The molecular weight excluding hydrogens is 288 g/mol. The third kappa shape index (κ3) is 3.71. The van der Waals surface area contributed by atoms with Crippen molar-refractivity contribution in [2.24, 2.45) is 0 Å². The molecule has 0 saturated heterocycles. The average molecular weight is 305 g/mol. The van der Waals surface area contributed by atoms with E-state index in [1.54, 1.807) is 0 Å². The maximum absolute atomic E-state index is 6.10. The first-order chi connectivity index (χ1) is 9.58. The van der Waals surface area contributed by atoms with Gasteiger partial charge in [0.2, 0.25) is 0 Å². The Kier molecular flexibility index (Phi) is 4.99. The van der Waals surface area contributed by atoms with Crippen LogP contribution in [-0.2, 0) is 0 Å². The lowest BCUT2D eigenvalue weighted by atomic mass is 10.0. The summed E-state index contributed by atoms with van der Waals surface area (Å²) in [6.45, 7) is 4.18. The minimum atomic E-state index is 0.138. The zero-order valence-corrected chi connectivity index (χ0v) is 13.1. The van der Waals surface area contributed by atoms with Crippen molar-refractivity contribution >= 4 is 34.6 Å². The second-order valence-corrected chi connectivity index (χ2v) is 5.47. The van der Waals surface area contributed by atoms with Crippen molar-refractivity contribution in [3.05, 3.63) is 64.7 Å². The van der Waals surface area contributed by atoms with Crippen LogP contribution in [0.25, 0.3) is 0 Å². The van der Waals surface area contributed by atoms with E-state index >= 15 is 0 Å². The Labute approximate surface area is 130 Å². The molecule has 0 radical (unpaired) electrons. The largest absolute Gasteiger partial charge is 0.356 e. The molecule has 2 aromatic rings. The molecule has 0 aromatic heterocycles. The maximum Gasteiger partial charge on any atom is 0.171 e. The van der Waals surface area contributed by atoms with Gasteiger partial charge in [-0.05, 0) is 49.3 Å². The molecule has 1 atom stereocenters. The van der Waals surface area contributed by atoms with E-state index in [2.05, 4.69) is 36.6 Å². The van der Waals surface area contributed by atoms with E-state index in [9.17, 15) is 0 Å². The zero-order valence-electron chi connectivity index (χ0n) is 11.5. The Bertz CT molecular complexity index is 613. The molecule has 0 bridgehead atoms. The van der Waals surface area contributed by atoms with Gasteiger partial charge in [-0.1, -0.05) is 48.0 Å². The van der Waals surface area contributed by atoms with Crippen LogP contribution < -0.4 is 10.6 Å². The minimum absolute atomic E-state index is 0.138. The molecule has 20 heavy (non-hydrogen) atoms. The highest BCUT2D eigenvalue weighted by Crippen LogP contribution is 2.21. The lowest BCUT2D eigenvalue weighted by Gasteiger charge is -2.19. The van der Waals surface area contributed by atoms with Crippen molar-refractivity contribution in [2.75, 3.05) is 5.32 Å². The van der Waals surface area contributed by atoms with Gasteiger partial charge in [-0.2, -0.15) is 0 Å². The van der Waals surface area contributed by atoms with Crippen molar-refractivity contribution in [3.63, 3.8) is 0 Å². The van der Waals surface area contributed by atoms with Gasteiger partial charge in [0.15, 0.2) is 5.11 Å². The van der Waals surface area contributed by atoms with Crippen molar-refractivity contribution in [1.29, 1.82) is 0 Å². The number of benzene rings is 2. The second-order valence-electron chi connectivity index (χ2n) is 4.66. The SMILES string of the molecule is Cc1ccccc1C(C)NC(=S)Nc1ccccc1Cl. The number of halogens is 1. The molecule has 0 amide bonds. The fourth-order valence-electron chi connectivity index (χ4n) is 2.07. The summed E-state index contributed by atoms with van der Waals surface area (Å²) in [5.74, 6) is 0. The van der Waals surface area contributed by atoms with E-state index in [1.165, 1.54) is 11.1 Å². The van der Waals surface area contributed by atoms with E-state index in [0.29, 0.717) is 10.1 Å². The van der Waals surface area contributed by atoms with Crippen molar-refractivity contribution in [3.8, 4) is 0 Å². The van der Waals surface area contributed by atoms with Gasteiger partial charge in [-0.3, -0.25) is 0 Å². The smallest absolute Gasteiger partial charge is 0.171 e. The summed E-state index contributed by atoms with van der Waals surface area (Å²) in [4.78, 5) is 0. The van der Waals surface area contributed by atoms with Crippen molar-refractivity contribution < 1.29 is 0 Å². The highest BCUT2D eigenvalue weighted by molar-refractivity contribution is 7.80. The third-order valence-corrected chi connectivity index (χ3v) is 3.67. The molecule has 2 aromatic carbocycles. The van der Waals surface area contributed by atoms with E-state index in [-0.39, 0.29) is 6.04 Å². The van der Waals surface area contributed by atoms with Gasteiger partial charge in [0.1, 0.15) is 0 Å². The lowest BCUT2D eigenvalue weighted by molar-refractivity contribution is 0.717. The van der Waals surface area contributed by atoms with Gasteiger partial charge in [0.05, 0.1) is 16.8 Å². The number of aryl methyl sites for hydroxylation is 1. The molecule has 0 heterocycles. The fourth-order valence-corrected chi connectivity index (χ4v) is 2.54. The summed E-state index contributed by atoms with van der Waals surface area (Å²) in [5.41, 5.74) is 3.28. The summed E-state index contributed by atoms with van der Waals surface area (Å²) in [6, 6.07) is 15.9. The monoisotopic (exact) mass is 304 g/mol. The summed E-state index contributed by atoms with van der Waals surface area (Å²) >= 11 is 11.4. The van der Waals surface area contributed by atoms with Crippen LogP contribution in [0.1, 0.15) is 24.1 Å². The summed E-state index contributed by atoms with van der Waals surface area (Å²) in [5, 5.41) is 7.61. The van der Waals surface area contributed by atoms with Gasteiger partial charge in [0, 0.05) is 0 Å². The topological polar surface area (TPSA) is 24.1 Å². The van der Waals surface area contributed by atoms with Gasteiger partial charge in [-0.15, -0.1) is 0 Å². The predicted molar refractivity (Wildman–Crippen MR) is 90.4 cm³/mol. The van der Waals surface area contributed by atoms with E-state index in [0.717, 1.165) is 5.69 Å². The van der Waals surface area contributed by atoms with Crippen LogP contribution in [0.15, 0.2) is 48.5 Å². The Morgan fingerprint density at radius 2 is 1.75 bits per heavy atom. The summed E-state index contributed by atoms with van der Waals surface area (Å²) in [7, 11) is 0. The molecular formula is C16H17ClN2S. The van der Waals surface area contributed by atoms with Crippen molar-refractivity contribution in [2.45, 2.75) is 19.9 Å². The summed E-state index contributed by atoms with van der Waals surface area (Å²) < 4.78 is 0. The number of hydrogen-bond acceptors (Lipinski definition) is 1. The molecule has 0 aliphatic carbocycles. The normalized spacial score (nSPS) is 11.8. The van der Waals surface area contributed by atoms with Crippen molar-refractivity contribution in [1.82, 2.24) is 5.32 Å². The highest BCUT2D eigenvalue weighted by Gasteiger charge is 2.09. The molecule has 2 rings (SSSR count). The Morgan fingerprint density at radius 1 is 1.10 bits per heavy atom. The average Bonchev–Trinajstić information content (AvgIpc) is 2.41. The first-order valence-electron chi connectivity index (χ1n) is 6.45. The third-order valence-electron chi connectivity index (χ3n) is 3.12. The number of anilines is 1. The summed E-state index contributed by atoms with van der Waals surface area (Å²) in [6.07, 6.45) is 0. The van der Waals surface area contributed by atoms with Crippen LogP contribution in [0, 0.1) is 6.92 Å². The van der Waals surface area contributed by atoms with Gasteiger partial charge >= 0.3 is 0 Å². The second kappa shape index (κ2) is 6.73. The van der Waals surface area contributed by atoms with Crippen LogP contribution >= 0.6 is 23.8 Å². The molecule has 2 N–H and O–H groups in total. The quantitative estimate of drug-likeness (QED) is 0.804. The molecule has 104 valence electrons. The van der Waals surface area contributed by atoms with Crippen LogP contribution in [0.2, 0.25) is 5.02 Å². The number of nitrogens with one attached hydrogen (secondary N) is 2. The van der Waals surface area contributed by atoms with E-state index < -0.39 is 0 Å². The first kappa shape index (κ1) is 14.8. The molecule has 0 aliphatic rings. The standard InChI is InChI=1S/C16H17ClN2S/c1-11-7-3-4-8-13(11)12(2)18-16(20)19-15-10-6-5-9-14(15)17/h3-10,12H,1-2H3,(H2,18,19,20). The van der Waals surface area contributed by atoms with E-state index in [4.69, 9.17) is 23.8 Å². The van der Waals surface area contributed by atoms with Crippen LogP contribution in [0.3, 0.4) is 0 Å². The molecule has 0 saturated carbocycles. The Morgan fingerprint density at radius 3 is 2.45 bits per heavy atom. The predicted octanol–water partition coefficient (Wildman–Crippen LogP) is 4.70. The molecule has 2 nitrogen and oxygen atoms in total. The Balaban J connectivity index is 2.02.